The number of benzene rings is 4. The largest absolute Gasteiger partial charge is 0.310 e. The van der Waals surface area contributed by atoms with Crippen LogP contribution in [0.2, 0.25) is 0 Å². The summed E-state index contributed by atoms with van der Waals surface area (Å²) < 4.78 is 0.452. The second-order valence-electron chi connectivity index (χ2n) is 8.46. The van der Waals surface area contributed by atoms with E-state index in [0.29, 0.717) is 4.47 Å². The Morgan fingerprint density at radius 3 is 2.09 bits per heavy atom. The number of anilines is 3. The highest BCUT2D eigenvalue weighted by molar-refractivity contribution is 9.10. The predicted molar refractivity (Wildman–Crippen MR) is 133 cm³/mol. The summed E-state index contributed by atoms with van der Waals surface area (Å²) >= 11 is 3.38. The number of para-hydroxylation sites is 1. The van der Waals surface area contributed by atoms with Crippen LogP contribution in [0.1, 0.15) is 25.0 Å². The zero-order chi connectivity index (χ0) is 22.5. The van der Waals surface area contributed by atoms with Crippen molar-refractivity contribution in [3.63, 3.8) is 0 Å². The molecule has 0 N–H and O–H groups in total. The molecule has 1 aliphatic rings. The van der Waals surface area contributed by atoms with Crippen molar-refractivity contribution in [2.45, 2.75) is 19.3 Å². The van der Waals surface area contributed by atoms with Gasteiger partial charge in [0.1, 0.15) is 0 Å². The van der Waals surface area contributed by atoms with E-state index in [1.54, 1.807) is 18.2 Å². The highest BCUT2D eigenvalue weighted by Crippen LogP contribution is 2.50. The molecular formula is C27H21BrN2O2. The van der Waals surface area contributed by atoms with Crippen LogP contribution in [0.3, 0.4) is 0 Å². The van der Waals surface area contributed by atoms with Crippen molar-refractivity contribution in [1.82, 2.24) is 0 Å². The Labute approximate surface area is 195 Å². The van der Waals surface area contributed by atoms with Gasteiger partial charge in [-0.25, -0.2) is 0 Å². The van der Waals surface area contributed by atoms with Crippen LogP contribution in [0.4, 0.5) is 22.7 Å². The third kappa shape index (κ3) is 3.21. The van der Waals surface area contributed by atoms with Crippen molar-refractivity contribution in [2.75, 3.05) is 4.90 Å². The highest BCUT2D eigenvalue weighted by Gasteiger charge is 2.35. The summed E-state index contributed by atoms with van der Waals surface area (Å²) in [6.07, 6.45) is 0. The molecule has 0 spiro atoms. The minimum Gasteiger partial charge on any atom is -0.310 e. The predicted octanol–water partition coefficient (Wildman–Crippen LogP) is 8.13. The van der Waals surface area contributed by atoms with Gasteiger partial charge in [-0.15, -0.1) is 0 Å². The average Bonchev–Trinajstić information content (AvgIpc) is 3.02. The summed E-state index contributed by atoms with van der Waals surface area (Å²) in [6.45, 7) is 4.53. The molecule has 32 heavy (non-hydrogen) atoms. The zero-order valence-electron chi connectivity index (χ0n) is 17.7. The molecular weight excluding hydrogens is 464 g/mol. The molecule has 5 heteroatoms. The fourth-order valence-electron chi connectivity index (χ4n) is 4.65. The van der Waals surface area contributed by atoms with Gasteiger partial charge in [-0.1, -0.05) is 62.4 Å². The molecule has 0 atom stereocenters. The number of nitrogens with zero attached hydrogens (tertiary/aromatic N) is 2. The summed E-state index contributed by atoms with van der Waals surface area (Å²) in [5.74, 6) is 0. The van der Waals surface area contributed by atoms with Crippen molar-refractivity contribution >= 4 is 38.7 Å². The fourth-order valence-corrected chi connectivity index (χ4v) is 5.17. The van der Waals surface area contributed by atoms with Gasteiger partial charge in [-0.05, 0) is 74.6 Å². The van der Waals surface area contributed by atoms with Crippen LogP contribution in [0.25, 0.3) is 11.1 Å². The van der Waals surface area contributed by atoms with Gasteiger partial charge in [0.25, 0.3) is 5.69 Å². The molecule has 0 aromatic heterocycles. The van der Waals surface area contributed by atoms with Crippen molar-refractivity contribution < 1.29 is 4.92 Å². The lowest BCUT2D eigenvalue weighted by Gasteiger charge is -2.27. The number of hydrogen-bond donors (Lipinski definition) is 0. The summed E-state index contributed by atoms with van der Waals surface area (Å²) in [6, 6.07) is 30.3. The Morgan fingerprint density at radius 1 is 0.750 bits per heavy atom. The molecule has 1 aliphatic carbocycles. The Bertz CT molecular complexity index is 1350. The zero-order valence-corrected chi connectivity index (χ0v) is 19.3. The van der Waals surface area contributed by atoms with Gasteiger partial charge in [0, 0.05) is 28.5 Å². The molecule has 4 aromatic rings. The number of nitro groups is 1. The summed E-state index contributed by atoms with van der Waals surface area (Å²) in [5, 5.41) is 11.3. The molecule has 0 fully saturated rings. The maximum atomic E-state index is 11.3. The number of nitro benzene ring substituents is 1. The molecule has 5 rings (SSSR count). The molecule has 0 radical (unpaired) electrons. The minimum atomic E-state index is -0.380. The van der Waals surface area contributed by atoms with Crippen LogP contribution >= 0.6 is 15.9 Å². The van der Waals surface area contributed by atoms with E-state index in [-0.39, 0.29) is 16.0 Å². The summed E-state index contributed by atoms with van der Waals surface area (Å²) in [5.41, 5.74) is 7.94. The van der Waals surface area contributed by atoms with Crippen LogP contribution in [-0.4, -0.2) is 4.92 Å². The number of fused-ring (bicyclic) bond motifs is 3. The van der Waals surface area contributed by atoms with E-state index in [1.807, 2.05) is 30.3 Å². The molecule has 0 bridgehead atoms. The average molecular weight is 485 g/mol. The van der Waals surface area contributed by atoms with E-state index in [9.17, 15) is 10.1 Å². The molecule has 4 aromatic carbocycles. The lowest BCUT2D eigenvalue weighted by molar-refractivity contribution is -0.385. The Balaban J connectivity index is 1.70. The van der Waals surface area contributed by atoms with Gasteiger partial charge in [-0.2, -0.15) is 0 Å². The molecule has 0 heterocycles. The monoisotopic (exact) mass is 484 g/mol. The second kappa shape index (κ2) is 7.61. The number of rotatable bonds is 4. The van der Waals surface area contributed by atoms with Crippen molar-refractivity contribution in [1.29, 1.82) is 0 Å². The van der Waals surface area contributed by atoms with Crippen LogP contribution in [0, 0.1) is 10.1 Å². The fraction of sp³-hybridized carbons (Fsp3) is 0.111. The first-order valence-electron chi connectivity index (χ1n) is 10.4. The highest BCUT2D eigenvalue weighted by atomic mass is 79.9. The summed E-state index contributed by atoms with van der Waals surface area (Å²) in [4.78, 5) is 13.1. The maximum absolute atomic E-state index is 11.3. The van der Waals surface area contributed by atoms with Gasteiger partial charge < -0.3 is 4.90 Å². The van der Waals surface area contributed by atoms with Crippen molar-refractivity contribution in [3.05, 3.63) is 117 Å². The molecule has 0 saturated carbocycles. The quantitative estimate of drug-likeness (QED) is 0.217. The van der Waals surface area contributed by atoms with Crippen LogP contribution in [0.15, 0.2) is 95.5 Å². The van der Waals surface area contributed by atoms with Gasteiger partial charge in [0.15, 0.2) is 0 Å². The summed E-state index contributed by atoms with van der Waals surface area (Å²) in [7, 11) is 0. The molecule has 0 aliphatic heterocycles. The maximum Gasteiger partial charge on any atom is 0.283 e. The first-order chi connectivity index (χ1) is 15.4. The third-order valence-electron chi connectivity index (χ3n) is 6.23. The van der Waals surface area contributed by atoms with Crippen LogP contribution in [-0.2, 0) is 5.41 Å². The van der Waals surface area contributed by atoms with E-state index >= 15 is 0 Å². The normalized spacial score (nSPS) is 13.3. The Hall–Kier alpha value is -3.44. The number of hydrogen-bond acceptors (Lipinski definition) is 3. The van der Waals surface area contributed by atoms with Crippen molar-refractivity contribution in [2.24, 2.45) is 0 Å². The molecule has 158 valence electrons. The second-order valence-corrected chi connectivity index (χ2v) is 9.32. The van der Waals surface area contributed by atoms with E-state index in [2.05, 4.69) is 77.1 Å². The van der Waals surface area contributed by atoms with Gasteiger partial charge in [-0.3, -0.25) is 10.1 Å². The molecule has 4 nitrogen and oxygen atoms in total. The van der Waals surface area contributed by atoms with Crippen LogP contribution in [0.5, 0.6) is 0 Å². The smallest absolute Gasteiger partial charge is 0.283 e. The van der Waals surface area contributed by atoms with Gasteiger partial charge in [0.05, 0.1) is 9.40 Å². The third-order valence-corrected chi connectivity index (χ3v) is 6.86. The molecule has 0 saturated heterocycles. The standard InChI is InChI=1S/C27H21BrN2O2/c1-27(2)23-11-7-6-10-21(23)22-16-19(12-14-24(22)27)29(18-8-4-3-5-9-18)20-13-15-26(30(31)32)25(28)17-20/h3-17H,1-2H3. The van der Waals surface area contributed by atoms with Crippen molar-refractivity contribution in [3.8, 4) is 11.1 Å². The molecule has 0 unspecified atom stereocenters. The Kier molecular flexibility index (Phi) is 4.86. The SMILES string of the molecule is CC1(C)c2ccccc2-c2cc(N(c3ccccc3)c3ccc([N+](=O)[O-])c(Br)c3)ccc21. The topological polar surface area (TPSA) is 46.4 Å². The number of halogens is 1. The minimum absolute atomic E-state index is 0.0476. The Morgan fingerprint density at radius 2 is 1.38 bits per heavy atom. The molecule has 0 amide bonds. The lowest BCUT2D eigenvalue weighted by atomic mass is 9.82. The first-order valence-corrected chi connectivity index (χ1v) is 11.2. The van der Waals surface area contributed by atoms with E-state index in [0.717, 1.165) is 17.1 Å². The lowest BCUT2D eigenvalue weighted by Crippen LogP contribution is -2.15. The van der Waals surface area contributed by atoms with E-state index < -0.39 is 0 Å². The van der Waals surface area contributed by atoms with E-state index in [4.69, 9.17) is 0 Å². The van der Waals surface area contributed by atoms with E-state index in [1.165, 1.54) is 22.3 Å². The first kappa shape index (κ1) is 20.5. The van der Waals surface area contributed by atoms with Gasteiger partial charge >= 0.3 is 0 Å². The van der Waals surface area contributed by atoms with Gasteiger partial charge in [0.2, 0.25) is 0 Å². The van der Waals surface area contributed by atoms with Crippen LogP contribution < -0.4 is 4.90 Å².